The topological polar surface area (TPSA) is 94.8 Å². The van der Waals surface area contributed by atoms with Gasteiger partial charge in [0.2, 0.25) is 0 Å². The van der Waals surface area contributed by atoms with Gasteiger partial charge in [0.15, 0.2) is 12.1 Å². The average molecular weight is 442 g/mol. The molecule has 2 atom stereocenters. The van der Waals surface area contributed by atoms with Crippen LogP contribution in [0.3, 0.4) is 0 Å². The van der Waals surface area contributed by atoms with Gasteiger partial charge in [-0.3, -0.25) is 4.79 Å². The van der Waals surface area contributed by atoms with Gasteiger partial charge in [0.05, 0.1) is 22.6 Å². The highest BCUT2D eigenvalue weighted by Gasteiger charge is 2.27. The number of hydrogen-bond acceptors (Lipinski definition) is 6. The normalized spacial score (nSPS) is 18.5. The molecule has 3 rings (SSSR count). The molecule has 1 aromatic heterocycles. The second-order valence-electron chi connectivity index (χ2n) is 7.04. The van der Waals surface area contributed by atoms with Crippen molar-refractivity contribution in [2.75, 3.05) is 13.2 Å². The van der Waals surface area contributed by atoms with E-state index in [0.717, 1.165) is 28.8 Å². The SMILES string of the molecule is Cc1ccc(S(=O)(=O)n2ccc(Cl)c2C(=O)CC(O)COC2CCCCO2)cc1. The van der Waals surface area contributed by atoms with Gasteiger partial charge >= 0.3 is 0 Å². The highest BCUT2D eigenvalue weighted by atomic mass is 35.5. The molecule has 0 saturated carbocycles. The van der Waals surface area contributed by atoms with Crippen LogP contribution in [0.2, 0.25) is 5.02 Å². The Labute approximate surface area is 175 Å². The van der Waals surface area contributed by atoms with Gasteiger partial charge in [-0.15, -0.1) is 0 Å². The van der Waals surface area contributed by atoms with Gasteiger partial charge in [-0.25, -0.2) is 12.4 Å². The zero-order valence-electron chi connectivity index (χ0n) is 16.1. The number of nitrogens with zero attached hydrogens (tertiary/aromatic N) is 1. The van der Waals surface area contributed by atoms with Gasteiger partial charge in [0.25, 0.3) is 10.0 Å². The number of ketones is 1. The Morgan fingerprint density at radius 2 is 2.03 bits per heavy atom. The number of aromatic nitrogens is 1. The summed E-state index contributed by atoms with van der Waals surface area (Å²) < 4.78 is 37.7. The van der Waals surface area contributed by atoms with Crippen molar-refractivity contribution < 1.29 is 27.8 Å². The summed E-state index contributed by atoms with van der Waals surface area (Å²) in [5, 5.41) is 10.2. The van der Waals surface area contributed by atoms with E-state index in [0.29, 0.717) is 6.61 Å². The van der Waals surface area contributed by atoms with Gasteiger partial charge in [-0.05, 0) is 44.4 Å². The summed E-state index contributed by atoms with van der Waals surface area (Å²) in [4.78, 5) is 12.8. The van der Waals surface area contributed by atoms with Crippen molar-refractivity contribution in [3.63, 3.8) is 0 Å². The van der Waals surface area contributed by atoms with Crippen LogP contribution in [0, 0.1) is 6.92 Å². The number of aryl methyl sites for hydroxylation is 1. The fourth-order valence-corrected chi connectivity index (χ4v) is 4.77. The van der Waals surface area contributed by atoms with Crippen molar-refractivity contribution in [2.45, 2.75) is 49.9 Å². The summed E-state index contributed by atoms with van der Waals surface area (Å²) in [6.45, 7) is 2.37. The molecule has 2 heterocycles. The largest absolute Gasteiger partial charge is 0.390 e. The molecular weight excluding hydrogens is 418 g/mol. The van der Waals surface area contributed by atoms with Crippen LogP contribution >= 0.6 is 11.6 Å². The molecule has 29 heavy (non-hydrogen) atoms. The molecule has 7 nitrogen and oxygen atoms in total. The van der Waals surface area contributed by atoms with E-state index in [1.807, 2.05) is 6.92 Å². The Hall–Kier alpha value is -1.71. The summed E-state index contributed by atoms with van der Waals surface area (Å²) in [6.07, 6.45) is 2.14. The standard InChI is InChI=1S/C20H24ClNO6S/c1-14-5-7-16(8-6-14)29(25,26)22-10-9-17(21)20(22)18(24)12-15(23)13-28-19-4-2-3-11-27-19/h5-10,15,19,23H,2-4,11-13H2,1H3. The Kier molecular flexibility index (Phi) is 7.13. The minimum absolute atomic E-state index is 0.00872. The number of carbonyl (C=O) groups is 1. The van der Waals surface area contributed by atoms with E-state index >= 15 is 0 Å². The van der Waals surface area contributed by atoms with E-state index in [-0.39, 0.29) is 34.9 Å². The van der Waals surface area contributed by atoms with Gasteiger partial charge in [-0.2, -0.15) is 0 Å². The molecule has 9 heteroatoms. The summed E-state index contributed by atoms with van der Waals surface area (Å²) in [7, 11) is -4.00. The lowest BCUT2D eigenvalue weighted by molar-refractivity contribution is -0.174. The number of benzene rings is 1. The van der Waals surface area contributed by atoms with Crippen LogP contribution in [-0.4, -0.2) is 48.9 Å². The Morgan fingerprint density at radius 3 is 2.69 bits per heavy atom. The predicted octanol–water partition coefficient (Wildman–Crippen LogP) is 3.16. The highest BCUT2D eigenvalue weighted by Crippen LogP contribution is 2.25. The lowest BCUT2D eigenvalue weighted by Crippen LogP contribution is -2.28. The number of halogens is 1. The van der Waals surface area contributed by atoms with Gasteiger partial charge in [-0.1, -0.05) is 29.3 Å². The fraction of sp³-hybridized carbons (Fsp3) is 0.450. The van der Waals surface area contributed by atoms with E-state index in [1.54, 1.807) is 12.1 Å². The van der Waals surface area contributed by atoms with Crippen molar-refractivity contribution in [1.29, 1.82) is 0 Å². The first-order chi connectivity index (χ1) is 13.8. The van der Waals surface area contributed by atoms with E-state index < -0.39 is 21.9 Å². The fourth-order valence-electron chi connectivity index (χ4n) is 3.10. The van der Waals surface area contributed by atoms with Crippen LogP contribution < -0.4 is 0 Å². The zero-order valence-corrected chi connectivity index (χ0v) is 17.7. The Morgan fingerprint density at radius 1 is 1.31 bits per heavy atom. The van der Waals surface area contributed by atoms with E-state index in [9.17, 15) is 18.3 Å². The minimum Gasteiger partial charge on any atom is -0.390 e. The number of rotatable bonds is 8. The maximum Gasteiger partial charge on any atom is 0.268 e. The van der Waals surface area contributed by atoms with E-state index in [1.165, 1.54) is 24.4 Å². The molecule has 1 aliphatic heterocycles. The Balaban J connectivity index is 1.72. The van der Waals surface area contributed by atoms with Crippen LogP contribution in [0.1, 0.15) is 41.7 Å². The van der Waals surface area contributed by atoms with Crippen molar-refractivity contribution in [3.05, 3.63) is 52.8 Å². The molecule has 1 aliphatic rings. The minimum atomic E-state index is -4.00. The van der Waals surface area contributed by atoms with Crippen LogP contribution in [0.5, 0.6) is 0 Å². The third-order valence-electron chi connectivity index (χ3n) is 4.68. The molecular formula is C20H24ClNO6S. The van der Waals surface area contributed by atoms with Crippen LogP contribution in [0.4, 0.5) is 0 Å². The van der Waals surface area contributed by atoms with Crippen LogP contribution in [-0.2, 0) is 19.5 Å². The van der Waals surface area contributed by atoms with Gasteiger partial charge in [0.1, 0.15) is 5.69 Å². The van der Waals surface area contributed by atoms with Crippen molar-refractivity contribution in [2.24, 2.45) is 0 Å². The molecule has 0 aliphatic carbocycles. The maximum absolute atomic E-state index is 13.0. The van der Waals surface area contributed by atoms with Crippen molar-refractivity contribution in [3.8, 4) is 0 Å². The van der Waals surface area contributed by atoms with Crippen molar-refractivity contribution >= 4 is 27.4 Å². The number of Topliss-reactive ketones (excluding diaryl/α,β-unsaturated/α-hetero) is 1. The molecule has 0 amide bonds. The molecule has 2 aromatic rings. The first kappa shape index (κ1) is 22.0. The summed E-state index contributed by atoms with van der Waals surface area (Å²) >= 11 is 6.10. The molecule has 2 unspecified atom stereocenters. The first-order valence-corrected chi connectivity index (χ1v) is 11.2. The molecule has 158 valence electrons. The molecule has 1 fully saturated rings. The quantitative estimate of drug-likeness (QED) is 0.632. The highest BCUT2D eigenvalue weighted by molar-refractivity contribution is 7.90. The number of ether oxygens (including phenoxy) is 2. The lowest BCUT2D eigenvalue weighted by Gasteiger charge is -2.23. The molecule has 0 radical (unpaired) electrons. The number of hydrogen-bond donors (Lipinski definition) is 1. The Bertz CT molecular complexity index is 948. The maximum atomic E-state index is 13.0. The number of aliphatic hydroxyl groups is 1. The van der Waals surface area contributed by atoms with Crippen molar-refractivity contribution in [1.82, 2.24) is 3.97 Å². The van der Waals surface area contributed by atoms with Crippen LogP contribution in [0.25, 0.3) is 0 Å². The zero-order chi connectivity index (χ0) is 21.0. The molecule has 1 N–H and O–H groups in total. The predicted molar refractivity (Wildman–Crippen MR) is 108 cm³/mol. The van der Waals surface area contributed by atoms with Gasteiger partial charge < -0.3 is 14.6 Å². The smallest absolute Gasteiger partial charge is 0.268 e. The lowest BCUT2D eigenvalue weighted by atomic mass is 10.1. The molecule has 1 saturated heterocycles. The van der Waals surface area contributed by atoms with Crippen LogP contribution in [0.15, 0.2) is 41.4 Å². The monoisotopic (exact) mass is 441 g/mol. The van der Waals surface area contributed by atoms with E-state index in [2.05, 4.69) is 0 Å². The first-order valence-electron chi connectivity index (χ1n) is 9.42. The molecule has 0 spiro atoms. The summed E-state index contributed by atoms with van der Waals surface area (Å²) in [5.74, 6) is -0.587. The third-order valence-corrected chi connectivity index (χ3v) is 6.67. The second kappa shape index (κ2) is 9.40. The molecule has 1 aromatic carbocycles. The summed E-state index contributed by atoms with van der Waals surface area (Å²) in [6, 6.07) is 7.64. The average Bonchev–Trinajstić information content (AvgIpc) is 3.10. The molecule has 0 bridgehead atoms. The summed E-state index contributed by atoms with van der Waals surface area (Å²) in [5.41, 5.74) is 0.732. The third kappa shape index (κ3) is 5.26. The number of aliphatic hydroxyl groups excluding tert-OH is 1. The number of carbonyl (C=O) groups excluding carboxylic acids is 1. The van der Waals surface area contributed by atoms with E-state index in [4.69, 9.17) is 21.1 Å². The second-order valence-corrected chi connectivity index (χ2v) is 9.26. The van der Waals surface area contributed by atoms with Gasteiger partial charge in [0, 0.05) is 19.2 Å².